The first-order chi connectivity index (χ1) is 7.47. The minimum atomic E-state index is -2.61. The fraction of sp³-hybridized carbons (Fsp3) is 0.700. The molecular weight excluding hydrogens is 231 g/mol. The van der Waals surface area contributed by atoms with Gasteiger partial charge in [-0.05, 0) is 12.5 Å². The minimum Gasteiger partial charge on any atom is -0.466 e. The predicted molar refractivity (Wildman–Crippen MR) is 62.1 cm³/mol. The molecule has 1 N–H and O–H groups in total. The Morgan fingerprint density at radius 3 is 2.19 bits per heavy atom. The molecule has 0 spiro atoms. The van der Waals surface area contributed by atoms with Gasteiger partial charge >= 0.3 is 14.2 Å². The van der Waals surface area contributed by atoms with Crippen molar-refractivity contribution >= 4 is 14.2 Å². The Labute approximate surface area is 97.4 Å². The van der Waals surface area contributed by atoms with E-state index in [4.69, 9.17) is 4.89 Å². The van der Waals surface area contributed by atoms with E-state index < -0.39 is 14.2 Å². The van der Waals surface area contributed by atoms with Crippen LogP contribution in [-0.2, 0) is 18.6 Å². The molecular formula is C10H20O5P+. The van der Waals surface area contributed by atoms with Crippen LogP contribution in [0.15, 0.2) is 11.6 Å². The first-order valence-corrected chi connectivity index (χ1v) is 6.15. The average molecular weight is 251 g/mol. The lowest BCUT2D eigenvalue weighted by atomic mass is 10.3. The van der Waals surface area contributed by atoms with Gasteiger partial charge in [0.2, 0.25) is 0 Å². The minimum absolute atomic E-state index is 0.0548. The molecule has 0 aromatic rings. The molecule has 1 unspecified atom stereocenters. The predicted octanol–water partition coefficient (Wildman–Crippen LogP) is 2.58. The fourth-order valence-corrected chi connectivity index (χ4v) is 0.773. The molecule has 0 aromatic heterocycles. The standard InChI is InChI=1S/C6H9O5P.C4H10/c1-5(3-6(7)10-2)4-11-12(8)9;1-3-4-2/h3H,4H2,1-2H3;3-4H2,1-2H3/p+1/b5-3+;. The average Bonchev–Trinajstić information content (AvgIpc) is 2.26. The molecule has 0 saturated heterocycles. The smallest absolute Gasteiger partial charge is 0.466 e. The Morgan fingerprint density at radius 2 is 1.88 bits per heavy atom. The van der Waals surface area contributed by atoms with Crippen molar-refractivity contribution in [3.8, 4) is 0 Å². The third kappa shape index (κ3) is 15.7. The van der Waals surface area contributed by atoms with Crippen LogP contribution in [0, 0.1) is 0 Å². The first-order valence-electron chi connectivity index (χ1n) is 5.02. The lowest BCUT2D eigenvalue weighted by Crippen LogP contribution is -1.98. The zero-order chi connectivity index (χ0) is 13.0. The first kappa shape index (κ1) is 17.6. The number of hydrogen-bond acceptors (Lipinski definition) is 4. The van der Waals surface area contributed by atoms with E-state index in [1.807, 2.05) is 0 Å². The van der Waals surface area contributed by atoms with Crippen molar-refractivity contribution in [1.82, 2.24) is 0 Å². The third-order valence-electron chi connectivity index (χ3n) is 1.47. The molecule has 0 bridgehead atoms. The Balaban J connectivity index is 0. The van der Waals surface area contributed by atoms with Crippen LogP contribution in [0.25, 0.3) is 0 Å². The lowest BCUT2D eigenvalue weighted by molar-refractivity contribution is -0.134. The molecule has 0 rings (SSSR count). The molecule has 16 heavy (non-hydrogen) atoms. The fourth-order valence-electron chi connectivity index (χ4n) is 0.459. The van der Waals surface area contributed by atoms with Gasteiger partial charge in [-0.2, -0.15) is 0 Å². The summed E-state index contributed by atoms with van der Waals surface area (Å²) in [5.74, 6) is -0.510. The van der Waals surface area contributed by atoms with E-state index in [-0.39, 0.29) is 6.61 Å². The van der Waals surface area contributed by atoms with Gasteiger partial charge in [0.05, 0.1) is 7.11 Å². The largest absolute Gasteiger partial charge is 0.695 e. The molecule has 0 radical (unpaired) electrons. The number of carbonyl (C=O) groups is 1. The number of rotatable bonds is 5. The summed E-state index contributed by atoms with van der Waals surface area (Å²) in [7, 11) is -1.36. The van der Waals surface area contributed by atoms with E-state index in [0.717, 1.165) is 0 Å². The van der Waals surface area contributed by atoms with Gasteiger partial charge < -0.3 is 4.74 Å². The van der Waals surface area contributed by atoms with Crippen LogP contribution < -0.4 is 0 Å². The lowest BCUT2D eigenvalue weighted by Gasteiger charge is -1.93. The van der Waals surface area contributed by atoms with E-state index in [1.165, 1.54) is 26.0 Å². The van der Waals surface area contributed by atoms with E-state index in [9.17, 15) is 9.36 Å². The number of hydrogen-bond donors (Lipinski definition) is 1. The summed E-state index contributed by atoms with van der Waals surface area (Å²) in [5.41, 5.74) is 0.527. The monoisotopic (exact) mass is 251 g/mol. The van der Waals surface area contributed by atoms with Crippen LogP contribution in [0.2, 0.25) is 0 Å². The highest BCUT2D eigenvalue weighted by molar-refractivity contribution is 7.32. The zero-order valence-corrected chi connectivity index (χ0v) is 11.1. The Hall–Kier alpha value is -0.770. The summed E-state index contributed by atoms with van der Waals surface area (Å²) in [6, 6.07) is 0. The van der Waals surface area contributed by atoms with Gasteiger partial charge in [-0.15, -0.1) is 9.42 Å². The van der Waals surface area contributed by atoms with Crippen LogP contribution in [0.4, 0.5) is 0 Å². The quantitative estimate of drug-likeness (QED) is 0.462. The molecule has 0 saturated carbocycles. The maximum Gasteiger partial charge on any atom is 0.695 e. The molecule has 0 amide bonds. The number of ether oxygens (including phenoxy) is 1. The van der Waals surface area contributed by atoms with Gasteiger partial charge in [-0.1, -0.05) is 26.7 Å². The van der Waals surface area contributed by atoms with E-state index in [0.29, 0.717) is 5.57 Å². The van der Waals surface area contributed by atoms with Gasteiger partial charge in [0.15, 0.2) is 0 Å². The van der Waals surface area contributed by atoms with Crippen LogP contribution in [0.5, 0.6) is 0 Å². The maximum atomic E-state index is 10.6. The second-order valence-corrected chi connectivity index (χ2v) is 3.76. The van der Waals surface area contributed by atoms with Crippen molar-refractivity contribution in [2.75, 3.05) is 13.7 Å². The highest BCUT2D eigenvalue weighted by Gasteiger charge is 2.11. The van der Waals surface area contributed by atoms with E-state index >= 15 is 0 Å². The molecule has 0 aromatic carbocycles. The van der Waals surface area contributed by atoms with Crippen LogP contribution in [0.1, 0.15) is 33.6 Å². The molecule has 0 aliphatic rings. The number of carbonyl (C=O) groups excluding carboxylic acids is 1. The molecule has 5 nitrogen and oxygen atoms in total. The zero-order valence-electron chi connectivity index (χ0n) is 10.2. The van der Waals surface area contributed by atoms with Crippen LogP contribution in [0.3, 0.4) is 0 Å². The van der Waals surface area contributed by atoms with Crippen molar-refractivity contribution in [3.63, 3.8) is 0 Å². The molecule has 94 valence electrons. The van der Waals surface area contributed by atoms with Crippen molar-refractivity contribution in [1.29, 1.82) is 0 Å². The van der Waals surface area contributed by atoms with E-state index in [1.54, 1.807) is 6.92 Å². The van der Waals surface area contributed by atoms with Gasteiger partial charge in [0.25, 0.3) is 0 Å². The molecule has 6 heteroatoms. The summed E-state index contributed by atoms with van der Waals surface area (Å²) in [5, 5.41) is 0. The summed E-state index contributed by atoms with van der Waals surface area (Å²) in [4.78, 5) is 18.8. The summed E-state index contributed by atoms with van der Waals surface area (Å²) < 4.78 is 18.7. The molecule has 0 heterocycles. The van der Waals surface area contributed by atoms with Gasteiger partial charge in [0.1, 0.15) is 6.61 Å². The van der Waals surface area contributed by atoms with Crippen LogP contribution in [-0.4, -0.2) is 24.6 Å². The summed E-state index contributed by atoms with van der Waals surface area (Å²) >= 11 is 0. The second kappa shape index (κ2) is 12.3. The molecule has 0 aliphatic heterocycles. The second-order valence-electron chi connectivity index (χ2n) is 3.03. The third-order valence-corrected chi connectivity index (χ3v) is 1.82. The Kier molecular flexibility index (Phi) is 13.5. The topological polar surface area (TPSA) is 72.8 Å². The van der Waals surface area contributed by atoms with Gasteiger partial charge in [-0.25, -0.2) is 4.79 Å². The van der Waals surface area contributed by atoms with Crippen molar-refractivity contribution in [2.24, 2.45) is 0 Å². The SMILES string of the molecule is CCCC.COC(=O)/C=C(\C)CO[P+](=O)O. The van der Waals surface area contributed by atoms with Crippen molar-refractivity contribution in [3.05, 3.63) is 11.6 Å². The van der Waals surface area contributed by atoms with Crippen molar-refractivity contribution in [2.45, 2.75) is 33.6 Å². The Morgan fingerprint density at radius 1 is 1.38 bits per heavy atom. The summed E-state index contributed by atoms with van der Waals surface area (Å²) in [6.45, 7) is 5.90. The number of methoxy groups -OCH3 is 1. The van der Waals surface area contributed by atoms with Gasteiger partial charge in [-0.3, -0.25) is 0 Å². The number of esters is 1. The Bertz CT molecular complexity index is 235. The molecule has 1 atom stereocenters. The molecule has 0 aliphatic carbocycles. The summed E-state index contributed by atoms with van der Waals surface area (Å²) in [6.07, 6.45) is 3.83. The van der Waals surface area contributed by atoms with E-state index in [2.05, 4.69) is 23.1 Å². The number of unbranched alkanes of at least 4 members (excludes halogenated alkanes) is 1. The normalized spacial score (nSPS) is 11.3. The highest BCUT2D eigenvalue weighted by Crippen LogP contribution is 2.15. The maximum absolute atomic E-state index is 10.6. The highest BCUT2D eigenvalue weighted by atomic mass is 31.1. The molecule has 0 fully saturated rings. The van der Waals surface area contributed by atoms with Crippen molar-refractivity contribution < 1.29 is 23.5 Å². The van der Waals surface area contributed by atoms with Crippen LogP contribution >= 0.6 is 8.25 Å². The van der Waals surface area contributed by atoms with Gasteiger partial charge in [0, 0.05) is 10.6 Å².